The highest BCUT2D eigenvalue weighted by Crippen LogP contribution is 2.24. The number of anilines is 1. The smallest absolute Gasteiger partial charge is 0.407 e. The maximum absolute atomic E-state index is 13.3. The molecule has 0 atom stereocenters. The monoisotopic (exact) mass is 418 g/mol. The molecule has 2 heterocycles. The highest BCUT2D eigenvalue weighted by molar-refractivity contribution is 6.07. The van der Waals surface area contributed by atoms with Crippen molar-refractivity contribution in [3.63, 3.8) is 0 Å². The molecule has 0 spiro atoms. The summed E-state index contributed by atoms with van der Waals surface area (Å²) in [6.07, 6.45) is 1.84. The molecule has 0 radical (unpaired) electrons. The van der Waals surface area contributed by atoms with Crippen LogP contribution in [0.15, 0.2) is 42.4 Å². The lowest BCUT2D eigenvalue weighted by Crippen LogP contribution is -2.37. The van der Waals surface area contributed by atoms with Crippen LogP contribution in [-0.2, 0) is 17.7 Å². The normalized spacial score (nSPS) is 14.5. The van der Waals surface area contributed by atoms with Gasteiger partial charge in [0.05, 0.1) is 24.1 Å². The van der Waals surface area contributed by atoms with Crippen molar-refractivity contribution in [2.75, 3.05) is 18.0 Å². The van der Waals surface area contributed by atoms with Crippen LogP contribution < -0.4 is 10.2 Å². The second kappa shape index (κ2) is 8.64. The number of carbonyl (C=O) groups is 2. The molecule has 2 aromatic rings. The maximum atomic E-state index is 13.3. The largest absolute Gasteiger partial charge is 0.444 e. The summed E-state index contributed by atoms with van der Waals surface area (Å²) in [5.74, 6) is -0.617. The topological polar surface area (TPSA) is 76.5 Å². The minimum Gasteiger partial charge on any atom is -0.444 e. The van der Waals surface area contributed by atoms with E-state index in [-0.39, 0.29) is 30.4 Å². The van der Waals surface area contributed by atoms with Crippen LogP contribution in [0.25, 0.3) is 0 Å². The van der Waals surface area contributed by atoms with E-state index in [1.165, 1.54) is 16.8 Å². The molecule has 1 aliphatic heterocycles. The van der Waals surface area contributed by atoms with Gasteiger partial charge in [-0.1, -0.05) is 0 Å². The maximum Gasteiger partial charge on any atom is 0.407 e. The Morgan fingerprint density at radius 2 is 2.00 bits per heavy atom. The first kappa shape index (κ1) is 21.5. The Balaban J connectivity index is 1.65. The zero-order chi connectivity index (χ0) is 21.9. The van der Waals surface area contributed by atoms with Crippen molar-refractivity contribution in [2.24, 2.45) is 0 Å². The second-order valence-corrected chi connectivity index (χ2v) is 7.99. The number of nitrogens with one attached hydrogen (secondary N) is 1. The van der Waals surface area contributed by atoms with Gasteiger partial charge in [-0.2, -0.15) is 5.10 Å². The first-order chi connectivity index (χ1) is 14.2. The summed E-state index contributed by atoms with van der Waals surface area (Å²) in [6, 6.07) is 5.71. The van der Waals surface area contributed by atoms with E-state index < -0.39 is 11.7 Å². The van der Waals surface area contributed by atoms with E-state index in [0.717, 1.165) is 0 Å². The van der Waals surface area contributed by atoms with Crippen molar-refractivity contribution < 1.29 is 23.1 Å². The fourth-order valence-corrected chi connectivity index (χ4v) is 3.07. The molecule has 0 aliphatic carbocycles. The first-order valence-electron chi connectivity index (χ1n) is 9.55. The van der Waals surface area contributed by atoms with Gasteiger partial charge in [-0.3, -0.25) is 9.48 Å². The van der Waals surface area contributed by atoms with Crippen LogP contribution in [0.2, 0.25) is 0 Å². The number of benzene rings is 1. The Hall–Kier alpha value is -3.23. The summed E-state index contributed by atoms with van der Waals surface area (Å²) in [7, 11) is 0. The minimum atomic E-state index is -0.651. The zero-order valence-electron chi connectivity index (χ0n) is 17.1. The lowest BCUT2D eigenvalue weighted by Gasteiger charge is -2.26. The van der Waals surface area contributed by atoms with Crippen molar-refractivity contribution in [1.29, 1.82) is 0 Å². The van der Waals surface area contributed by atoms with Crippen molar-refractivity contribution in [2.45, 2.75) is 39.3 Å². The molecule has 0 bridgehead atoms. The van der Waals surface area contributed by atoms with Crippen LogP contribution in [0.5, 0.6) is 0 Å². The number of alkyl carbamates (subject to hydrolysis) is 1. The van der Waals surface area contributed by atoms with Gasteiger partial charge in [0.1, 0.15) is 11.4 Å². The van der Waals surface area contributed by atoms with Crippen LogP contribution in [0.4, 0.5) is 19.3 Å². The molecule has 1 N–H and O–H groups in total. The average Bonchev–Trinajstić information content (AvgIpc) is 3.08. The number of nitrogens with zero attached hydrogens (tertiary/aromatic N) is 3. The van der Waals surface area contributed by atoms with Gasteiger partial charge in [-0.25, -0.2) is 13.6 Å². The van der Waals surface area contributed by atoms with Gasteiger partial charge in [0.2, 0.25) is 0 Å². The van der Waals surface area contributed by atoms with Crippen LogP contribution in [0.1, 0.15) is 36.8 Å². The Bertz CT molecular complexity index is 962. The summed E-state index contributed by atoms with van der Waals surface area (Å²) in [6.45, 7) is 5.64. The molecule has 2 amide bonds. The van der Waals surface area contributed by atoms with Gasteiger partial charge in [0, 0.05) is 31.4 Å². The Morgan fingerprint density at radius 1 is 1.30 bits per heavy atom. The third-order valence-electron chi connectivity index (χ3n) is 4.40. The van der Waals surface area contributed by atoms with E-state index in [1.807, 2.05) is 0 Å². The van der Waals surface area contributed by atoms with Gasteiger partial charge in [-0.15, -0.1) is 0 Å². The molecule has 1 aromatic carbocycles. The molecule has 7 nitrogen and oxygen atoms in total. The van der Waals surface area contributed by atoms with E-state index in [0.29, 0.717) is 36.2 Å². The predicted molar refractivity (Wildman–Crippen MR) is 107 cm³/mol. The molecule has 1 aliphatic rings. The van der Waals surface area contributed by atoms with Crippen LogP contribution >= 0.6 is 0 Å². The van der Waals surface area contributed by atoms with Crippen LogP contribution in [0.3, 0.4) is 0 Å². The van der Waals surface area contributed by atoms with Gasteiger partial charge in [0.15, 0.2) is 0 Å². The number of hydrogen-bond donors (Lipinski definition) is 1. The Kier molecular flexibility index (Phi) is 6.19. The quantitative estimate of drug-likeness (QED) is 0.805. The fraction of sp³-hybridized carbons (Fsp3) is 0.381. The molecule has 30 heavy (non-hydrogen) atoms. The second-order valence-electron chi connectivity index (χ2n) is 7.99. The third-order valence-corrected chi connectivity index (χ3v) is 4.40. The number of ether oxygens (including phenoxy) is 1. The molecular formula is C21H24F2N4O3. The van der Waals surface area contributed by atoms with Crippen molar-refractivity contribution in [1.82, 2.24) is 15.1 Å². The molecule has 0 unspecified atom stereocenters. The number of halogens is 2. The van der Waals surface area contributed by atoms with Crippen molar-refractivity contribution >= 4 is 17.7 Å². The number of rotatable bonds is 5. The number of amides is 2. The predicted octanol–water partition coefficient (Wildman–Crippen LogP) is 3.60. The zero-order valence-corrected chi connectivity index (χ0v) is 17.1. The standard InChI is InChI=1S/C21H24F2N4O3/c1-21(2,3)30-20(29)24-11-14(10-22)12-26-13-17-18(25-26)8-9-27(19(17)28)16-6-4-15(23)5-7-16/h4-7,10,13H,8-9,11-12H2,1-3H3,(H,24,29). The Labute approximate surface area is 173 Å². The van der Waals surface area contributed by atoms with Gasteiger partial charge in [-0.05, 0) is 50.6 Å². The molecular weight excluding hydrogens is 394 g/mol. The van der Waals surface area contributed by atoms with Crippen molar-refractivity contribution in [3.05, 3.63) is 59.4 Å². The molecule has 9 heteroatoms. The lowest BCUT2D eigenvalue weighted by molar-refractivity contribution is 0.0532. The molecule has 0 fully saturated rings. The molecule has 1 aromatic heterocycles. The third kappa shape index (κ3) is 5.22. The van der Waals surface area contributed by atoms with E-state index in [9.17, 15) is 18.4 Å². The van der Waals surface area contributed by atoms with E-state index in [1.54, 1.807) is 44.0 Å². The first-order valence-corrected chi connectivity index (χ1v) is 9.55. The number of fused-ring (bicyclic) bond motifs is 1. The molecule has 0 saturated heterocycles. The summed E-state index contributed by atoms with van der Waals surface area (Å²) in [4.78, 5) is 26.1. The number of aromatic nitrogens is 2. The minimum absolute atomic E-state index is 0.0500. The fourth-order valence-electron chi connectivity index (χ4n) is 3.07. The molecule has 3 rings (SSSR count). The van der Waals surface area contributed by atoms with Crippen LogP contribution in [0, 0.1) is 5.82 Å². The van der Waals surface area contributed by atoms with E-state index >= 15 is 0 Å². The lowest BCUT2D eigenvalue weighted by atomic mass is 10.1. The van der Waals surface area contributed by atoms with Gasteiger partial charge in [0.25, 0.3) is 5.91 Å². The van der Waals surface area contributed by atoms with Gasteiger partial charge >= 0.3 is 6.09 Å². The summed E-state index contributed by atoms with van der Waals surface area (Å²) < 4.78 is 33.1. The Morgan fingerprint density at radius 3 is 2.63 bits per heavy atom. The summed E-state index contributed by atoms with van der Waals surface area (Å²) in [5.41, 5.74) is 1.26. The highest BCUT2D eigenvalue weighted by Gasteiger charge is 2.28. The van der Waals surface area contributed by atoms with Crippen molar-refractivity contribution in [3.8, 4) is 0 Å². The summed E-state index contributed by atoms with van der Waals surface area (Å²) >= 11 is 0. The SMILES string of the molecule is CC(C)(C)OC(=O)NCC(=CF)Cn1cc2c(n1)CCN(c1ccc(F)cc1)C2=O. The van der Waals surface area contributed by atoms with Crippen LogP contribution in [-0.4, -0.2) is 40.5 Å². The van der Waals surface area contributed by atoms with E-state index in [4.69, 9.17) is 4.74 Å². The number of carbonyl (C=O) groups excluding carboxylic acids is 2. The van der Waals surface area contributed by atoms with Gasteiger partial charge < -0.3 is 15.0 Å². The summed E-state index contributed by atoms with van der Waals surface area (Å²) in [5, 5.41) is 6.87. The van der Waals surface area contributed by atoms with E-state index in [2.05, 4.69) is 10.4 Å². The number of hydrogen-bond acceptors (Lipinski definition) is 4. The average molecular weight is 418 g/mol. The molecule has 160 valence electrons. The molecule has 0 saturated carbocycles. The highest BCUT2D eigenvalue weighted by atomic mass is 19.1.